The molecule has 0 amide bonds. The molecule has 0 spiro atoms. The summed E-state index contributed by atoms with van der Waals surface area (Å²) in [6.45, 7) is 4.26. The van der Waals surface area contributed by atoms with Crippen molar-refractivity contribution in [1.29, 1.82) is 0 Å². The number of rotatable bonds is 1. The highest BCUT2D eigenvalue weighted by molar-refractivity contribution is 5.74. The van der Waals surface area contributed by atoms with Crippen molar-refractivity contribution in [2.45, 2.75) is 45.6 Å². The van der Waals surface area contributed by atoms with Gasteiger partial charge in [-0.15, -0.1) is 0 Å². The van der Waals surface area contributed by atoms with E-state index < -0.39 is 0 Å². The molecule has 0 atom stereocenters. The summed E-state index contributed by atoms with van der Waals surface area (Å²) in [5.74, 6) is 0.797. The fourth-order valence-electron chi connectivity index (χ4n) is 2.99. The van der Waals surface area contributed by atoms with E-state index in [0.717, 1.165) is 35.5 Å². The first-order chi connectivity index (χ1) is 8.65. The number of aromatic amines is 1. The van der Waals surface area contributed by atoms with Gasteiger partial charge in [-0.25, -0.2) is 4.79 Å². The Morgan fingerprint density at radius 1 is 1.33 bits per heavy atom. The van der Waals surface area contributed by atoms with Gasteiger partial charge in [-0.1, -0.05) is 6.92 Å². The first-order valence-corrected chi connectivity index (χ1v) is 6.72. The largest absolute Gasteiger partial charge is 0.326 e. The number of H-pyrrole nitrogens is 1. The molecule has 0 aliphatic heterocycles. The summed E-state index contributed by atoms with van der Waals surface area (Å²) in [6, 6.07) is 2.36. The molecular formula is C14H19N3O. The molecule has 2 aromatic rings. The molecular weight excluding hydrogens is 226 g/mol. The van der Waals surface area contributed by atoms with E-state index in [1.165, 1.54) is 12.8 Å². The Morgan fingerprint density at radius 2 is 2.06 bits per heavy atom. The minimum Gasteiger partial charge on any atom is -0.304 e. The minimum atomic E-state index is 0.0111. The van der Waals surface area contributed by atoms with Crippen molar-refractivity contribution in [3.05, 3.63) is 28.4 Å². The van der Waals surface area contributed by atoms with Gasteiger partial charge in [0.15, 0.2) is 0 Å². The zero-order valence-corrected chi connectivity index (χ0v) is 10.9. The fourth-order valence-corrected chi connectivity index (χ4v) is 2.99. The van der Waals surface area contributed by atoms with Crippen LogP contribution in [0, 0.1) is 12.8 Å². The summed E-state index contributed by atoms with van der Waals surface area (Å²) >= 11 is 0. The second kappa shape index (κ2) is 4.26. The van der Waals surface area contributed by atoms with Crippen molar-refractivity contribution >= 4 is 11.0 Å². The highest BCUT2D eigenvalue weighted by Crippen LogP contribution is 2.32. The summed E-state index contributed by atoms with van der Waals surface area (Å²) in [5.41, 5.74) is 2.83. The van der Waals surface area contributed by atoms with Gasteiger partial charge < -0.3 is 4.98 Å². The van der Waals surface area contributed by atoms with Crippen LogP contribution in [0.1, 0.15) is 44.3 Å². The van der Waals surface area contributed by atoms with Crippen molar-refractivity contribution < 1.29 is 0 Å². The monoisotopic (exact) mass is 245 g/mol. The molecule has 1 aliphatic carbocycles. The first-order valence-electron chi connectivity index (χ1n) is 6.72. The van der Waals surface area contributed by atoms with E-state index >= 15 is 0 Å². The van der Waals surface area contributed by atoms with Gasteiger partial charge in [-0.05, 0) is 44.6 Å². The third-order valence-corrected chi connectivity index (χ3v) is 4.09. The quantitative estimate of drug-likeness (QED) is 0.840. The summed E-state index contributed by atoms with van der Waals surface area (Å²) in [5, 5.41) is 0. The molecule has 4 heteroatoms. The Balaban J connectivity index is 2.08. The van der Waals surface area contributed by atoms with Crippen LogP contribution in [0.15, 0.2) is 17.1 Å². The van der Waals surface area contributed by atoms with E-state index in [1.54, 1.807) is 6.20 Å². The average molecular weight is 245 g/mol. The van der Waals surface area contributed by atoms with Gasteiger partial charge in [0.05, 0.1) is 17.2 Å². The lowest BCUT2D eigenvalue weighted by molar-refractivity contribution is 0.290. The minimum absolute atomic E-state index is 0.0111. The molecule has 0 aromatic carbocycles. The number of hydrogen-bond acceptors (Lipinski definition) is 2. The van der Waals surface area contributed by atoms with Crippen molar-refractivity contribution in [2.24, 2.45) is 5.92 Å². The number of hydrogen-bond donors (Lipinski definition) is 1. The third-order valence-electron chi connectivity index (χ3n) is 4.09. The van der Waals surface area contributed by atoms with Gasteiger partial charge in [0.1, 0.15) is 0 Å². The van der Waals surface area contributed by atoms with E-state index in [2.05, 4.69) is 16.9 Å². The van der Waals surface area contributed by atoms with Crippen LogP contribution in [0.5, 0.6) is 0 Å². The third kappa shape index (κ3) is 1.85. The Hall–Kier alpha value is -1.58. The summed E-state index contributed by atoms with van der Waals surface area (Å²) in [7, 11) is 0. The number of fused-ring (bicyclic) bond motifs is 1. The van der Waals surface area contributed by atoms with Crippen molar-refractivity contribution in [2.75, 3.05) is 0 Å². The van der Waals surface area contributed by atoms with Crippen molar-refractivity contribution in [3.63, 3.8) is 0 Å². The summed E-state index contributed by atoms with van der Waals surface area (Å²) in [4.78, 5) is 19.3. The van der Waals surface area contributed by atoms with E-state index in [4.69, 9.17) is 0 Å². The molecule has 0 radical (unpaired) electrons. The molecule has 0 saturated heterocycles. The highest BCUT2D eigenvalue weighted by Gasteiger charge is 2.22. The van der Waals surface area contributed by atoms with Crippen LogP contribution in [0.25, 0.3) is 11.0 Å². The molecule has 4 nitrogen and oxygen atoms in total. The zero-order chi connectivity index (χ0) is 12.7. The number of aryl methyl sites for hydroxylation is 1. The lowest BCUT2D eigenvalue weighted by Crippen LogP contribution is -2.25. The SMILES string of the molecule is Cc1cc2c(cn1)[nH]c(=O)n2[C@H]1CC[C@H](C)CC1. The zero-order valence-electron chi connectivity index (χ0n) is 10.9. The molecule has 0 unspecified atom stereocenters. The maximum Gasteiger partial charge on any atom is 0.326 e. The predicted molar refractivity (Wildman–Crippen MR) is 71.8 cm³/mol. The van der Waals surface area contributed by atoms with Crippen LogP contribution < -0.4 is 5.69 Å². The van der Waals surface area contributed by atoms with Gasteiger partial charge in [0.2, 0.25) is 0 Å². The molecule has 1 aliphatic rings. The first kappa shape index (κ1) is 11.5. The van der Waals surface area contributed by atoms with Crippen LogP contribution >= 0.6 is 0 Å². The van der Waals surface area contributed by atoms with Crippen LogP contribution in [-0.4, -0.2) is 14.5 Å². The van der Waals surface area contributed by atoms with Crippen LogP contribution in [0.2, 0.25) is 0 Å². The topological polar surface area (TPSA) is 50.7 Å². The van der Waals surface area contributed by atoms with E-state index in [-0.39, 0.29) is 5.69 Å². The van der Waals surface area contributed by atoms with Crippen LogP contribution in [0.3, 0.4) is 0 Å². The number of nitrogens with zero attached hydrogens (tertiary/aromatic N) is 2. The van der Waals surface area contributed by atoms with Crippen molar-refractivity contribution in [3.8, 4) is 0 Å². The van der Waals surface area contributed by atoms with Crippen molar-refractivity contribution in [1.82, 2.24) is 14.5 Å². The molecule has 2 heterocycles. The molecule has 1 fully saturated rings. The highest BCUT2D eigenvalue weighted by atomic mass is 16.1. The normalized spacial score (nSPS) is 24.6. The van der Waals surface area contributed by atoms with E-state index in [9.17, 15) is 4.79 Å². The molecule has 2 aromatic heterocycles. The molecule has 18 heavy (non-hydrogen) atoms. The summed E-state index contributed by atoms with van der Waals surface area (Å²) in [6.07, 6.45) is 6.40. The lowest BCUT2D eigenvalue weighted by Gasteiger charge is -2.27. The van der Waals surface area contributed by atoms with E-state index in [0.29, 0.717) is 6.04 Å². The van der Waals surface area contributed by atoms with Gasteiger partial charge in [0.25, 0.3) is 0 Å². The lowest BCUT2D eigenvalue weighted by atomic mass is 9.87. The molecule has 0 bridgehead atoms. The number of imidazole rings is 1. The molecule has 1 N–H and O–H groups in total. The maximum absolute atomic E-state index is 12.1. The predicted octanol–water partition coefficient (Wildman–Crippen LogP) is 2.78. The van der Waals surface area contributed by atoms with Gasteiger partial charge in [-0.2, -0.15) is 0 Å². The van der Waals surface area contributed by atoms with Gasteiger partial charge in [0, 0.05) is 11.7 Å². The molecule has 3 rings (SSSR count). The molecule has 96 valence electrons. The Kier molecular flexibility index (Phi) is 2.73. The second-order valence-corrected chi connectivity index (χ2v) is 5.56. The van der Waals surface area contributed by atoms with Crippen LogP contribution in [-0.2, 0) is 0 Å². The molecule has 1 saturated carbocycles. The Bertz CT molecular complexity index is 617. The summed E-state index contributed by atoms with van der Waals surface area (Å²) < 4.78 is 1.94. The number of pyridine rings is 1. The average Bonchev–Trinajstić information content (AvgIpc) is 2.66. The van der Waals surface area contributed by atoms with Gasteiger partial charge >= 0.3 is 5.69 Å². The smallest absolute Gasteiger partial charge is 0.304 e. The van der Waals surface area contributed by atoms with E-state index in [1.807, 2.05) is 17.6 Å². The van der Waals surface area contributed by atoms with Gasteiger partial charge in [-0.3, -0.25) is 9.55 Å². The second-order valence-electron chi connectivity index (χ2n) is 5.56. The fraction of sp³-hybridized carbons (Fsp3) is 0.571. The Labute approximate surface area is 106 Å². The Morgan fingerprint density at radius 3 is 2.78 bits per heavy atom. The standard InChI is InChI=1S/C14H19N3O/c1-9-3-5-11(6-4-9)17-13-7-10(2)15-8-12(13)16-14(17)18/h7-9,11H,3-6H2,1-2H3,(H,16,18)/t9-,11-. The number of aromatic nitrogens is 3. The maximum atomic E-state index is 12.1. The number of nitrogens with one attached hydrogen (secondary N) is 1. The van der Waals surface area contributed by atoms with Crippen LogP contribution in [0.4, 0.5) is 0 Å².